The first-order chi connectivity index (χ1) is 9.22. The molecule has 1 aromatic carbocycles. The van der Waals surface area contributed by atoms with Crippen molar-refractivity contribution in [1.82, 2.24) is 10.9 Å². The van der Waals surface area contributed by atoms with Crippen LogP contribution in [0.15, 0.2) is 18.2 Å². The van der Waals surface area contributed by atoms with Crippen molar-refractivity contribution in [3.63, 3.8) is 0 Å². The Bertz CT molecular complexity index is 492. The van der Waals surface area contributed by atoms with E-state index < -0.39 is 0 Å². The SMILES string of the molecule is CC1CC(C(=O)Nc2ccc3c(c2)OCCO3)NN1. The zero-order valence-electron chi connectivity index (χ0n) is 10.7. The van der Waals surface area contributed by atoms with Crippen LogP contribution in [0.25, 0.3) is 0 Å². The summed E-state index contributed by atoms with van der Waals surface area (Å²) in [7, 11) is 0. The van der Waals surface area contributed by atoms with Gasteiger partial charge in [0.15, 0.2) is 11.5 Å². The highest BCUT2D eigenvalue weighted by molar-refractivity contribution is 5.95. The van der Waals surface area contributed by atoms with Crippen molar-refractivity contribution in [1.29, 1.82) is 0 Å². The fourth-order valence-electron chi connectivity index (χ4n) is 2.24. The summed E-state index contributed by atoms with van der Waals surface area (Å²) in [4.78, 5) is 12.0. The van der Waals surface area contributed by atoms with Gasteiger partial charge in [0.1, 0.15) is 19.3 Å². The Morgan fingerprint density at radius 2 is 2.05 bits per heavy atom. The van der Waals surface area contributed by atoms with Crippen LogP contribution in [-0.4, -0.2) is 31.2 Å². The Balaban J connectivity index is 1.68. The standard InChI is InChI=1S/C13H17N3O3/c1-8-6-10(16-15-8)13(17)14-9-2-3-11-12(7-9)19-5-4-18-11/h2-3,7-8,10,15-16H,4-6H2,1H3,(H,14,17). The van der Waals surface area contributed by atoms with Gasteiger partial charge in [-0.3, -0.25) is 10.2 Å². The van der Waals surface area contributed by atoms with Crippen LogP contribution < -0.4 is 25.6 Å². The van der Waals surface area contributed by atoms with E-state index in [1.165, 1.54) is 0 Å². The molecule has 1 fully saturated rings. The summed E-state index contributed by atoms with van der Waals surface area (Å²) in [5, 5.41) is 2.88. The van der Waals surface area contributed by atoms with Crippen LogP contribution in [0, 0.1) is 0 Å². The predicted molar refractivity (Wildman–Crippen MR) is 70.2 cm³/mol. The molecule has 3 N–H and O–H groups in total. The Labute approximate surface area is 111 Å². The maximum atomic E-state index is 12.0. The van der Waals surface area contributed by atoms with Crippen molar-refractivity contribution in [3.8, 4) is 11.5 Å². The zero-order chi connectivity index (χ0) is 13.2. The molecular weight excluding hydrogens is 246 g/mol. The number of hydrazine groups is 1. The van der Waals surface area contributed by atoms with E-state index in [2.05, 4.69) is 16.2 Å². The number of carbonyl (C=O) groups is 1. The van der Waals surface area contributed by atoms with Gasteiger partial charge in [-0.05, 0) is 25.5 Å². The van der Waals surface area contributed by atoms with Crippen LogP contribution in [0.5, 0.6) is 11.5 Å². The Morgan fingerprint density at radius 3 is 2.79 bits per heavy atom. The van der Waals surface area contributed by atoms with Crippen LogP contribution in [0.1, 0.15) is 13.3 Å². The summed E-state index contributed by atoms with van der Waals surface area (Å²) in [5.74, 6) is 1.35. The maximum absolute atomic E-state index is 12.0. The molecule has 1 amide bonds. The topological polar surface area (TPSA) is 71.6 Å². The van der Waals surface area contributed by atoms with Crippen molar-refractivity contribution in [2.75, 3.05) is 18.5 Å². The molecule has 3 rings (SSSR count). The molecule has 0 aliphatic carbocycles. The van der Waals surface area contributed by atoms with Gasteiger partial charge >= 0.3 is 0 Å². The lowest BCUT2D eigenvalue weighted by Gasteiger charge is -2.19. The third-order valence-corrected chi connectivity index (χ3v) is 3.22. The van der Waals surface area contributed by atoms with Crippen molar-refractivity contribution < 1.29 is 14.3 Å². The maximum Gasteiger partial charge on any atom is 0.242 e. The Kier molecular flexibility index (Phi) is 3.27. The number of nitrogens with one attached hydrogen (secondary N) is 3. The third kappa shape index (κ3) is 2.64. The number of anilines is 1. The average molecular weight is 263 g/mol. The van der Waals surface area contributed by atoms with Crippen molar-refractivity contribution in [2.24, 2.45) is 0 Å². The summed E-state index contributed by atoms with van der Waals surface area (Å²) in [6.07, 6.45) is 0.774. The molecule has 1 saturated heterocycles. The minimum absolute atomic E-state index is 0.0477. The molecule has 0 saturated carbocycles. The monoisotopic (exact) mass is 263 g/mol. The molecule has 0 aromatic heterocycles. The lowest BCUT2D eigenvalue weighted by molar-refractivity contribution is -0.117. The number of ether oxygens (including phenoxy) is 2. The van der Waals surface area contributed by atoms with Gasteiger partial charge in [-0.25, -0.2) is 5.43 Å². The first kappa shape index (κ1) is 12.3. The first-order valence-corrected chi connectivity index (χ1v) is 6.44. The lowest BCUT2D eigenvalue weighted by Crippen LogP contribution is -2.39. The van der Waals surface area contributed by atoms with E-state index in [-0.39, 0.29) is 11.9 Å². The highest BCUT2D eigenvalue weighted by Gasteiger charge is 2.26. The van der Waals surface area contributed by atoms with E-state index in [0.29, 0.717) is 25.0 Å². The van der Waals surface area contributed by atoms with Gasteiger partial charge in [-0.1, -0.05) is 0 Å². The molecule has 2 aliphatic heterocycles. The Hall–Kier alpha value is -1.79. The van der Waals surface area contributed by atoms with Gasteiger partial charge in [0, 0.05) is 17.8 Å². The van der Waals surface area contributed by atoms with E-state index in [9.17, 15) is 4.79 Å². The molecular formula is C13H17N3O3. The lowest BCUT2D eigenvalue weighted by atomic mass is 10.1. The Morgan fingerprint density at radius 1 is 1.26 bits per heavy atom. The number of hydrogen-bond donors (Lipinski definition) is 3. The van der Waals surface area contributed by atoms with Gasteiger partial charge in [-0.2, -0.15) is 0 Å². The minimum atomic E-state index is -0.205. The summed E-state index contributed by atoms with van der Waals surface area (Å²) in [6, 6.07) is 5.52. The second kappa shape index (κ2) is 5.07. The molecule has 102 valence electrons. The van der Waals surface area contributed by atoms with Gasteiger partial charge < -0.3 is 14.8 Å². The van der Waals surface area contributed by atoms with Gasteiger partial charge in [-0.15, -0.1) is 0 Å². The van der Waals surface area contributed by atoms with Crippen LogP contribution in [0.3, 0.4) is 0 Å². The first-order valence-electron chi connectivity index (χ1n) is 6.44. The molecule has 0 radical (unpaired) electrons. The van der Waals surface area contributed by atoms with E-state index in [4.69, 9.17) is 9.47 Å². The number of rotatable bonds is 2. The summed E-state index contributed by atoms with van der Waals surface area (Å²) in [6.45, 7) is 3.13. The van der Waals surface area contributed by atoms with E-state index in [1.54, 1.807) is 6.07 Å². The van der Waals surface area contributed by atoms with E-state index >= 15 is 0 Å². The van der Waals surface area contributed by atoms with Crippen molar-refractivity contribution in [2.45, 2.75) is 25.4 Å². The van der Waals surface area contributed by atoms with E-state index in [0.717, 1.165) is 17.9 Å². The fraction of sp³-hybridized carbons (Fsp3) is 0.462. The minimum Gasteiger partial charge on any atom is -0.486 e. The molecule has 2 aliphatic rings. The average Bonchev–Trinajstić information content (AvgIpc) is 2.85. The summed E-state index contributed by atoms with van der Waals surface area (Å²) < 4.78 is 10.9. The number of carbonyl (C=O) groups excluding carboxylic acids is 1. The van der Waals surface area contributed by atoms with Gasteiger partial charge in [0.05, 0.1) is 0 Å². The largest absolute Gasteiger partial charge is 0.486 e. The molecule has 0 spiro atoms. The second-order valence-electron chi connectivity index (χ2n) is 4.83. The molecule has 2 heterocycles. The molecule has 6 heteroatoms. The van der Waals surface area contributed by atoms with E-state index in [1.807, 2.05) is 19.1 Å². The highest BCUT2D eigenvalue weighted by atomic mass is 16.6. The zero-order valence-corrected chi connectivity index (χ0v) is 10.7. The third-order valence-electron chi connectivity index (χ3n) is 3.22. The number of hydrogen-bond acceptors (Lipinski definition) is 5. The normalized spacial score (nSPS) is 25.1. The smallest absolute Gasteiger partial charge is 0.242 e. The predicted octanol–water partition coefficient (Wildman–Crippen LogP) is 0.651. The van der Waals surface area contributed by atoms with Crippen LogP contribution in [0.4, 0.5) is 5.69 Å². The second-order valence-corrected chi connectivity index (χ2v) is 4.83. The molecule has 6 nitrogen and oxygen atoms in total. The molecule has 2 unspecified atom stereocenters. The summed E-state index contributed by atoms with van der Waals surface area (Å²) >= 11 is 0. The van der Waals surface area contributed by atoms with Crippen LogP contribution in [0.2, 0.25) is 0 Å². The van der Waals surface area contributed by atoms with Gasteiger partial charge in [0.25, 0.3) is 0 Å². The summed E-state index contributed by atoms with van der Waals surface area (Å²) in [5.41, 5.74) is 6.72. The number of benzene rings is 1. The number of fused-ring (bicyclic) bond motifs is 1. The quantitative estimate of drug-likeness (QED) is 0.731. The highest BCUT2D eigenvalue weighted by Crippen LogP contribution is 2.32. The number of amides is 1. The van der Waals surface area contributed by atoms with Crippen LogP contribution >= 0.6 is 0 Å². The fourth-order valence-corrected chi connectivity index (χ4v) is 2.24. The molecule has 0 bridgehead atoms. The van der Waals surface area contributed by atoms with Crippen molar-refractivity contribution in [3.05, 3.63) is 18.2 Å². The molecule has 2 atom stereocenters. The molecule has 1 aromatic rings. The van der Waals surface area contributed by atoms with Crippen molar-refractivity contribution >= 4 is 11.6 Å². The van der Waals surface area contributed by atoms with Gasteiger partial charge in [0.2, 0.25) is 5.91 Å². The van der Waals surface area contributed by atoms with Crippen LogP contribution in [-0.2, 0) is 4.79 Å². The molecule has 19 heavy (non-hydrogen) atoms.